The number of likely N-dealkylation sites (N-methyl/N-ethyl adjacent to an activating group) is 1. The zero-order chi connectivity index (χ0) is 8.43. The molecular weight excluding hydrogens is 146 g/mol. The van der Waals surface area contributed by atoms with Crippen LogP contribution in [0.25, 0.3) is 0 Å². The van der Waals surface area contributed by atoms with E-state index in [1.54, 1.807) is 7.05 Å². The smallest absolute Gasteiger partial charge is 0.225 e. The van der Waals surface area contributed by atoms with Crippen molar-refractivity contribution in [3.8, 4) is 0 Å². The molecule has 0 aromatic rings. The predicted molar refractivity (Wildman–Crippen MR) is 40.1 cm³/mol. The van der Waals surface area contributed by atoms with Crippen molar-refractivity contribution in [2.45, 2.75) is 12.5 Å². The summed E-state index contributed by atoms with van der Waals surface area (Å²) in [6, 6.07) is -0.0847. The van der Waals surface area contributed by atoms with E-state index in [-0.39, 0.29) is 11.9 Å². The van der Waals surface area contributed by atoms with Crippen molar-refractivity contribution in [2.24, 2.45) is 16.7 Å². The van der Waals surface area contributed by atoms with Gasteiger partial charge in [-0.05, 0) is 0 Å². The fourth-order valence-corrected chi connectivity index (χ4v) is 0.960. The first kappa shape index (κ1) is 7.80. The molecular formula is C5H11N5O. The molecule has 62 valence electrons. The Bertz CT molecular complexity index is 201. The van der Waals surface area contributed by atoms with Crippen molar-refractivity contribution in [3.63, 3.8) is 0 Å². The van der Waals surface area contributed by atoms with Crippen LogP contribution in [-0.2, 0) is 4.79 Å². The second kappa shape index (κ2) is 2.75. The molecule has 1 atom stereocenters. The fraction of sp³-hybridized carbons (Fsp3) is 0.600. The topological polar surface area (TPSA) is 96.7 Å². The highest BCUT2D eigenvalue weighted by molar-refractivity contribution is 5.98. The molecule has 1 heterocycles. The lowest BCUT2D eigenvalue weighted by molar-refractivity contribution is -0.140. The molecule has 0 radical (unpaired) electrons. The highest BCUT2D eigenvalue weighted by Gasteiger charge is 2.35. The number of β-lactam (4-membered cyclic amide) rings is 1. The SMILES string of the molecule is CN1C(=O)CC1/C(N)=N/NN. The number of carbonyl (C=O) groups excluding carboxylic acids is 1. The molecule has 1 rings (SSSR count). The molecule has 1 saturated heterocycles. The van der Waals surface area contributed by atoms with Gasteiger partial charge in [0.15, 0.2) is 0 Å². The summed E-state index contributed by atoms with van der Waals surface area (Å²) < 4.78 is 0. The van der Waals surface area contributed by atoms with Crippen LogP contribution in [0.3, 0.4) is 0 Å². The minimum atomic E-state index is -0.0847. The van der Waals surface area contributed by atoms with Gasteiger partial charge < -0.3 is 10.6 Å². The zero-order valence-corrected chi connectivity index (χ0v) is 6.24. The number of nitrogens with two attached hydrogens (primary N) is 2. The number of carbonyl (C=O) groups is 1. The molecule has 5 N–H and O–H groups in total. The average Bonchev–Trinajstić information content (AvgIpc) is 1.99. The first-order chi connectivity index (χ1) is 5.16. The Morgan fingerprint density at radius 1 is 1.91 bits per heavy atom. The molecule has 0 bridgehead atoms. The summed E-state index contributed by atoms with van der Waals surface area (Å²) in [5.41, 5.74) is 7.53. The van der Waals surface area contributed by atoms with Gasteiger partial charge in [0.2, 0.25) is 5.91 Å². The van der Waals surface area contributed by atoms with Crippen molar-refractivity contribution in [1.29, 1.82) is 0 Å². The molecule has 6 heteroatoms. The van der Waals surface area contributed by atoms with E-state index in [0.29, 0.717) is 12.3 Å². The fourth-order valence-electron chi connectivity index (χ4n) is 0.960. The number of nitrogens with one attached hydrogen (secondary N) is 1. The molecule has 11 heavy (non-hydrogen) atoms. The van der Waals surface area contributed by atoms with E-state index in [2.05, 4.69) is 10.6 Å². The van der Waals surface area contributed by atoms with Gasteiger partial charge in [-0.25, -0.2) is 11.4 Å². The summed E-state index contributed by atoms with van der Waals surface area (Å²) in [7, 11) is 1.68. The molecule has 1 unspecified atom stereocenters. The molecule has 0 aromatic heterocycles. The number of amidine groups is 1. The lowest BCUT2D eigenvalue weighted by Gasteiger charge is -2.36. The van der Waals surface area contributed by atoms with Crippen molar-refractivity contribution in [3.05, 3.63) is 0 Å². The van der Waals surface area contributed by atoms with Crippen LogP contribution in [0.2, 0.25) is 0 Å². The van der Waals surface area contributed by atoms with E-state index in [1.165, 1.54) is 4.90 Å². The lowest BCUT2D eigenvalue weighted by atomic mass is 10.0. The molecule has 0 aromatic carbocycles. The van der Waals surface area contributed by atoms with E-state index < -0.39 is 0 Å². The van der Waals surface area contributed by atoms with Crippen molar-refractivity contribution in [1.82, 2.24) is 10.4 Å². The summed E-state index contributed by atoms with van der Waals surface area (Å²) in [6.07, 6.45) is 0.424. The van der Waals surface area contributed by atoms with Gasteiger partial charge in [-0.1, -0.05) is 0 Å². The number of hydrazone groups is 1. The van der Waals surface area contributed by atoms with Gasteiger partial charge in [0.1, 0.15) is 5.84 Å². The van der Waals surface area contributed by atoms with Gasteiger partial charge in [-0.3, -0.25) is 4.79 Å². The maximum atomic E-state index is 10.7. The Hall–Kier alpha value is -1.30. The normalized spacial score (nSPS) is 24.9. The number of amides is 1. The molecule has 1 fully saturated rings. The van der Waals surface area contributed by atoms with Crippen LogP contribution in [0.4, 0.5) is 0 Å². The van der Waals surface area contributed by atoms with Crippen molar-refractivity contribution in [2.75, 3.05) is 7.05 Å². The Balaban J connectivity index is 2.51. The van der Waals surface area contributed by atoms with Gasteiger partial charge in [-0.2, -0.15) is 0 Å². The molecule has 1 aliphatic rings. The van der Waals surface area contributed by atoms with Crippen molar-refractivity contribution < 1.29 is 4.79 Å². The molecule has 0 spiro atoms. The largest absolute Gasteiger partial charge is 0.384 e. The Morgan fingerprint density at radius 2 is 2.55 bits per heavy atom. The number of nitrogens with zero attached hydrogens (tertiary/aromatic N) is 2. The average molecular weight is 157 g/mol. The highest BCUT2D eigenvalue weighted by Crippen LogP contribution is 2.15. The standard InChI is InChI=1S/C5H11N5O/c1-10-3(2-4(10)11)5(6)8-9-7/h3,9H,2,7H2,1H3,(H2,6,8). The van der Waals surface area contributed by atoms with Crippen LogP contribution < -0.4 is 17.1 Å². The number of likely N-dealkylation sites (tertiary alicyclic amines) is 1. The maximum Gasteiger partial charge on any atom is 0.225 e. The summed E-state index contributed by atoms with van der Waals surface area (Å²) in [5.74, 6) is 5.32. The quantitative estimate of drug-likeness (QED) is 0.141. The molecule has 1 aliphatic heterocycles. The molecule has 0 aliphatic carbocycles. The van der Waals surface area contributed by atoms with Crippen molar-refractivity contribution >= 4 is 11.7 Å². The minimum absolute atomic E-state index is 0.0742. The lowest BCUT2D eigenvalue weighted by Crippen LogP contribution is -2.57. The highest BCUT2D eigenvalue weighted by atomic mass is 16.2. The Kier molecular flexibility index (Phi) is 1.95. The summed E-state index contributed by atoms with van der Waals surface area (Å²) in [6.45, 7) is 0. The van der Waals surface area contributed by atoms with Crippen LogP contribution in [0.5, 0.6) is 0 Å². The van der Waals surface area contributed by atoms with Crippen LogP contribution in [-0.4, -0.2) is 29.7 Å². The number of hydrogen-bond donors (Lipinski definition) is 3. The van der Waals surface area contributed by atoms with Gasteiger partial charge in [0.25, 0.3) is 0 Å². The second-order valence-electron chi connectivity index (χ2n) is 2.39. The van der Waals surface area contributed by atoms with Gasteiger partial charge in [0, 0.05) is 7.05 Å². The number of hydrogen-bond acceptors (Lipinski definition) is 4. The second-order valence-corrected chi connectivity index (χ2v) is 2.39. The van der Waals surface area contributed by atoms with Gasteiger partial charge in [0.05, 0.1) is 12.5 Å². The Labute approximate surface area is 64.2 Å². The van der Waals surface area contributed by atoms with Crippen LogP contribution in [0.1, 0.15) is 6.42 Å². The maximum absolute atomic E-state index is 10.7. The first-order valence-corrected chi connectivity index (χ1v) is 3.21. The molecule has 6 nitrogen and oxygen atoms in total. The molecule has 1 amide bonds. The van der Waals surface area contributed by atoms with E-state index in [1.807, 2.05) is 0 Å². The van der Waals surface area contributed by atoms with E-state index in [0.717, 1.165) is 0 Å². The van der Waals surface area contributed by atoms with E-state index in [9.17, 15) is 4.79 Å². The monoisotopic (exact) mass is 157 g/mol. The summed E-state index contributed by atoms with van der Waals surface area (Å²) in [4.78, 5) is 12.2. The molecule has 0 saturated carbocycles. The summed E-state index contributed by atoms with van der Waals surface area (Å²) >= 11 is 0. The zero-order valence-electron chi connectivity index (χ0n) is 6.24. The van der Waals surface area contributed by atoms with Crippen LogP contribution in [0, 0.1) is 0 Å². The predicted octanol–water partition coefficient (Wildman–Crippen LogP) is -2.05. The van der Waals surface area contributed by atoms with E-state index in [4.69, 9.17) is 11.6 Å². The summed E-state index contributed by atoms with van der Waals surface area (Å²) in [5, 5.41) is 3.56. The van der Waals surface area contributed by atoms with Crippen LogP contribution >= 0.6 is 0 Å². The minimum Gasteiger partial charge on any atom is -0.384 e. The van der Waals surface area contributed by atoms with Gasteiger partial charge in [-0.15, -0.1) is 5.10 Å². The van der Waals surface area contributed by atoms with Crippen LogP contribution in [0.15, 0.2) is 5.10 Å². The Morgan fingerprint density at radius 3 is 2.91 bits per heavy atom. The third kappa shape index (κ3) is 1.25. The first-order valence-electron chi connectivity index (χ1n) is 3.21. The third-order valence-corrected chi connectivity index (χ3v) is 1.76. The number of rotatable bonds is 2. The third-order valence-electron chi connectivity index (χ3n) is 1.76. The number of hydrazine groups is 1. The van der Waals surface area contributed by atoms with E-state index >= 15 is 0 Å². The van der Waals surface area contributed by atoms with Gasteiger partial charge >= 0.3 is 0 Å².